The number of nitrogens with zero attached hydrogens (tertiary/aromatic N) is 3. The number of anilines is 2. The van der Waals surface area contributed by atoms with E-state index in [2.05, 4.69) is 15.9 Å². The molecule has 0 amide bonds. The first-order valence-corrected chi connectivity index (χ1v) is 8.41. The van der Waals surface area contributed by atoms with Gasteiger partial charge in [0.2, 0.25) is 0 Å². The number of thiophene rings is 1. The van der Waals surface area contributed by atoms with Crippen molar-refractivity contribution in [2.24, 2.45) is 0 Å². The predicted octanol–water partition coefficient (Wildman–Crippen LogP) is 2.36. The molecular formula is C15H20N4S. The van der Waals surface area contributed by atoms with Crippen molar-refractivity contribution in [2.75, 3.05) is 36.8 Å². The zero-order valence-corrected chi connectivity index (χ0v) is 12.5. The van der Waals surface area contributed by atoms with Gasteiger partial charge in [0.1, 0.15) is 10.9 Å². The third-order valence-corrected chi connectivity index (χ3v) is 6.11. The van der Waals surface area contributed by atoms with E-state index in [0.717, 1.165) is 30.2 Å². The summed E-state index contributed by atoms with van der Waals surface area (Å²) in [6, 6.07) is 2.99. The minimum absolute atomic E-state index is 0.616. The molecule has 1 aromatic heterocycles. The molecule has 3 aliphatic rings. The lowest BCUT2D eigenvalue weighted by atomic mass is 10.1. The summed E-state index contributed by atoms with van der Waals surface area (Å²) in [4.78, 5) is 5.84. The van der Waals surface area contributed by atoms with Gasteiger partial charge in [-0.2, -0.15) is 5.26 Å². The summed E-state index contributed by atoms with van der Waals surface area (Å²) in [7, 11) is 0. The van der Waals surface area contributed by atoms with E-state index in [1.165, 1.54) is 42.8 Å². The molecule has 1 atom stereocenters. The Balaban J connectivity index is 1.66. The van der Waals surface area contributed by atoms with Crippen LogP contribution in [0.2, 0.25) is 0 Å². The summed E-state index contributed by atoms with van der Waals surface area (Å²) in [5.41, 5.74) is 8.28. The molecule has 20 heavy (non-hydrogen) atoms. The van der Waals surface area contributed by atoms with Crippen molar-refractivity contribution in [1.82, 2.24) is 4.90 Å². The van der Waals surface area contributed by atoms with Gasteiger partial charge in [0.15, 0.2) is 0 Å². The molecule has 4 rings (SSSR count). The van der Waals surface area contributed by atoms with Crippen LogP contribution in [0.5, 0.6) is 0 Å². The topological polar surface area (TPSA) is 56.3 Å². The van der Waals surface area contributed by atoms with Crippen molar-refractivity contribution in [3.63, 3.8) is 0 Å². The van der Waals surface area contributed by atoms with Crippen LogP contribution in [0.25, 0.3) is 0 Å². The third kappa shape index (κ3) is 1.90. The Morgan fingerprint density at radius 1 is 1.20 bits per heavy atom. The van der Waals surface area contributed by atoms with Crippen LogP contribution in [0, 0.1) is 11.3 Å². The summed E-state index contributed by atoms with van der Waals surface area (Å²) in [6.07, 6.45) is 5.13. The molecule has 0 bridgehead atoms. The van der Waals surface area contributed by atoms with Crippen molar-refractivity contribution in [1.29, 1.82) is 5.26 Å². The van der Waals surface area contributed by atoms with Crippen molar-refractivity contribution >= 4 is 22.0 Å². The Bertz CT molecular complexity index is 569. The number of rotatable bonds is 2. The van der Waals surface area contributed by atoms with Gasteiger partial charge in [-0.15, -0.1) is 11.3 Å². The predicted molar refractivity (Wildman–Crippen MR) is 82.2 cm³/mol. The fourth-order valence-corrected chi connectivity index (χ4v) is 4.84. The lowest BCUT2D eigenvalue weighted by Gasteiger charge is -2.38. The van der Waals surface area contributed by atoms with Crippen LogP contribution in [-0.2, 0) is 0 Å². The van der Waals surface area contributed by atoms with Gasteiger partial charge < -0.3 is 10.6 Å². The second-order valence-corrected chi connectivity index (χ2v) is 7.23. The zero-order chi connectivity index (χ0) is 13.7. The van der Waals surface area contributed by atoms with Crippen molar-refractivity contribution in [3.8, 4) is 6.07 Å². The largest absolute Gasteiger partial charge is 0.397 e. The van der Waals surface area contributed by atoms with Crippen LogP contribution in [-0.4, -0.2) is 37.1 Å². The zero-order valence-electron chi connectivity index (χ0n) is 11.6. The van der Waals surface area contributed by atoms with E-state index in [0.29, 0.717) is 12.0 Å². The van der Waals surface area contributed by atoms with Gasteiger partial charge in [0.25, 0.3) is 0 Å². The standard InChI is InChI=1S/C15H20N4S/c16-8-12-14(17)13(10-3-4-10)15(20-12)19-7-6-18-5-1-2-11(18)9-19/h10-11H,1-7,9,17H2. The van der Waals surface area contributed by atoms with E-state index >= 15 is 0 Å². The average Bonchev–Trinajstić information content (AvgIpc) is 3.09. The highest BCUT2D eigenvalue weighted by Gasteiger charge is 2.36. The Morgan fingerprint density at radius 3 is 2.80 bits per heavy atom. The van der Waals surface area contributed by atoms with Gasteiger partial charge in [-0.3, -0.25) is 4.90 Å². The van der Waals surface area contributed by atoms with E-state index < -0.39 is 0 Å². The van der Waals surface area contributed by atoms with Crippen LogP contribution in [0.15, 0.2) is 0 Å². The highest BCUT2D eigenvalue weighted by Crippen LogP contribution is 2.52. The van der Waals surface area contributed by atoms with E-state index in [4.69, 9.17) is 5.73 Å². The number of fused-ring (bicyclic) bond motifs is 1. The molecule has 2 N–H and O–H groups in total. The molecule has 0 aromatic carbocycles. The van der Waals surface area contributed by atoms with Crippen LogP contribution in [0.4, 0.5) is 10.7 Å². The molecule has 2 aliphatic heterocycles. The highest BCUT2D eigenvalue weighted by molar-refractivity contribution is 7.17. The van der Waals surface area contributed by atoms with Crippen molar-refractivity contribution in [2.45, 2.75) is 37.6 Å². The monoisotopic (exact) mass is 288 g/mol. The number of hydrogen-bond acceptors (Lipinski definition) is 5. The molecular weight excluding hydrogens is 268 g/mol. The summed E-state index contributed by atoms with van der Waals surface area (Å²) in [5, 5.41) is 10.6. The maximum absolute atomic E-state index is 9.26. The van der Waals surface area contributed by atoms with Crippen molar-refractivity contribution in [3.05, 3.63) is 10.4 Å². The number of hydrogen-bond donors (Lipinski definition) is 1. The van der Waals surface area contributed by atoms with E-state index in [1.54, 1.807) is 11.3 Å². The van der Waals surface area contributed by atoms with Gasteiger partial charge in [0, 0.05) is 31.2 Å². The maximum atomic E-state index is 9.26. The number of nitriles is 1. The molecule has 1 unspecified atom stereocenters. The first-order chi connectivity index (χ1) is 9.78. The maximum Gasteiger partial charge on any atom is 0.130 e. The summed E-state index contributed by atoms with van der Waals surface area (Å²) >= 11 is 1.62. The van der Waals surface area contributed by atoms with Gasteiger partial charge in [0.05, 0.1) is 10.7 Å². The molecule has 1 aromatic rings. The van der Waals surface area contributed by atoms with Crippen LogP contribution < -0.4 is 10.6 Å². The van der Waals surface area contributed by atoms with Crippen molar-refractivity contribution < 1.29 is 0 Å². The van der Waals surface area contributed by atoms with Gasteiger partial charge in [-0.1, -0.05) is 0 Å². The molecule has 3 fully saturated rings. The Labute approximate surface area is 123 Å². The van der Waals surface area contributed by atoms with Gasteiger partial charge >= 0.3 is 0 Å². The molecule has 106 valence electrons. The minimum Gasteiger partial charge on any atom is -0.397 e. The fraction of sp³-hybridized carbons (Fsp3) is 0.667. The van der Waals surface area contributed by atoms with Crippen LogP contribution in [0.3, 0.4) is 0 Å². The fourth-order valence-electron chi connectivity index (χ4n) is 3.70. The summed E-state index contributed by atoms with van der Waals surface area (Å²) in [6.45, 7) is 4.63. The quantitative estimate of drug-likeness (QED) is 0.907. The highest BCUT2D eigenvalue weighted by atomic mass is 32.1. The smallest absolute Gasteiger partial charge is 0.130 e. The van der Waals surface area contributed by atoms with Crippen LogP contribution in [0.1, 0.15) is 42.0 Å². The summed E-state index contributed by atoms with van der Waals surface area (Å²) in [5.74, 6) is 0.616. The normalized spacial score (nSPS) is 26.6. The minimum atomic E-state index is 0.616. The molecule has 1 saturated carbocycles. The molecule has 2 saturated heterocycles. The number of nitrogen functional groups attached to an aromatic ring is 1. The number of piperazine rings is 1. The lowest BCUT2D eigenvalue weighted by Crippen LogP contribution is -2.50. The van der Waals surface area contributed by atoms with Gasteiger partial charge in [-0.05, 0) is 38.1 Å². The Kier molecular flexibility index (Phi) is 2.90. The van der Waals surface area contributed by atoms with Crippen LogP contribution >= 0.6 is 11.3 Å². The van der Waals surface area contributed by atoms with E-state index in [-0.39, 0.29) is 0 Å². The van der Waals surface area contributed by atoms with Gasteiger partial charge in [-0.25, -0.2) is 0 Å². The molecule has 0 radical (unpaired) electrons. The van der Waals surface area contributed by atoms with E-state index in [1.807, 2.05) is 0 Å². The first kappa shape index (κ1) is 12.5. The average molecular weight is 288 g/mol. The first-order valence-electron chi connectivity index (χ1n) is 7.59. The Hall–Kier alpha value is -1.25. The van der Waals surface area contributed by atoms with E-state index in [9.17, 15) is 5.26 Å². The number of nitrogens with two attached hydrogens (primary N) is 1. The molecule has 5 heteroatoms. The summed E-state index contributed by atoms with van der Waals surface area (Å²) < 4.78 is 0. The lowest BCUT2D eigenvalue weighted by molar-refractivity contribution is 0.231. The molecule has 1 aliphatic carbocycles. The second kappa shape index (κ2) is 4.64. The SMILES string of the molecule is N#Cc1sc(N2CCN3CCCC3C2)c(C2CC2)c1N. The molecule has 4 nitrogen and oxygen atoms in total. The molecule has 0 spiro atoms. The Morgan fingerprint density at radius 2 is 2.05 bits per heavy atom. The molecule has 3 heterocycles. The second-order valence-electron chi connectivity index (χ2n) is 6.23. The third-order valence-electron chi connectivity index (χ3n) is 4.93.